The van der Waals surface area contributed by atoms with E-state index in [1.165, 1.54) is 0 Å². The second kappa shape index (κ2) is 2.21. The van der Waals surface area contributed by atoms with Crippen LogP contribution in [0.2, 0.25) is 0 Å². The lowest BCUT2D eigenvalue weighted by Crippen LogP contribution is -2.36. The molecule has 3 heterocycles. The zero-order valence-electron chi connectivity index (χ0n) is 6.77. The molecule has 2 saturated heterocycles. The summed E-state index contributed by atoms with van der Waals surface area (Å²) in [5, 5.41) is -2.05. The molecular formula is C6H6NO5S2-. The minimum absolute atomic E-state index is 0.643. The number of hydrogen-bond acceptors (Lipinski definition) is 5. The summed E-state index contributed by atoms with van der Waals surface area (Å²) in [6.07, 6.45) is 1.88. The van der Waals surface area contributed by atoms with Gasteiger partial charge in [0.2, 0.25) is 0 Å². The van der Waals surface area contributed by atoms with Gasteiger partial charge >= 0.3 is 0 Å². The van der Waals surface area contributed by atoms with E-state index in [1.54, 1.807) is 12.2 Å². The number of rotatable bonds is 0. The Bertz CT molecular complexity index is 472. The van der Waals surface area contributed by atoms with E-state index in [0.29, 0.717) is 0 Å². The van der Waals surface area contributed by atoms with Crippen LogP contribution in [0.15, 0.2) is 12.2 Å². The topological polar surface area (TPSA) is 91.6 Å². The van der Waals surface area contributed by atoms with Crippen LogP contribution < -0.4 is 0 Å². The normalized spacial score (nSPS) is 50.9. The molecule has 78 valence electrons. The molecule has 0 aromatic rings. The van der Waals surface area contributed by atoms with Crippen molar-refractivity contribution in [3.05, 3.63) is 16.3 Å². The third-order valence-electron chi connectivity index (χ3n) is 2.67. The minimum Gasteiger partial charge on any atom is -0.435 e. The Labute approximate surface area is 81.0 Å². The van der Waals surface area contributed by atoms with Crippen molar-refractivity contribution in [2.45, 2.75) is 22.7 Å². The number of ether oxygens (including phenoxy) is 1. The minimum atomic E-state index is -3.90. The average molecular weight is 236 g/mol. The highest BCUT2D eigenvalue weighted by atomic mass is 32.3. The predicted octanol–water partition coefficient (Wildman–Crippen LogP) is -0.892. The lowest BCUT2D eigenvalue weighted by atomic mass is 10.1. The molecule has 3 aliphatic heterocycles. The van der Waals surface area contributed by atoms with Gasteiger partial charge in [0, 0.05) is 0 Å². The molecule has 4 atom stereocenters. The molecule has 6 nitrogen and oxygen atoms in total. The molecule has 0 aromatic carbocycles. The number of nitrogens with zero attached hydrogens (tertiary/aromatic N) is 1. The van der Waals surface area contributed by atoms with Crippen molar-refractivity contribution < 1.29 is 21.6 Å². The summed E-state index contributed by atoms with van der Waals surface area (Å²) in [5.41, 5.74) is 0. The predicted molar refractivity (Wildman–Crippen MR) is 46.6 cm³/mol. The summed E-state index contributed by atoms with van der Waals surface area (Å²) >= 11 is 0. The fraction of sp³-hybridized carbons (Fsp3) is 0.667. The van der Waals surface area contributed by atoms with E-state index >= 15 is 0 Å². The first-order chi connectivity index (χ1) is 6.42. The van der Waals surface area contributed by atoms with E-state index in [4.69, 9.17) is 4.74 Å². The highest BCUT2D eigenvalue weighted by Gasteiger charge is 2.57. The van der Waals surface area contributed by atoms with Crippen molar-refractivity contribution in [3.8, 4) is 0 Å². The molecule has 3 rings (SSSR count). The zero-order valence-corrected chi connectivity index (χ0v) is 8.40. The Morgan fingerprint density at radius 1 is 0.929 bits per heavy atom. The third kappa shape index (κ3) is 0.867. The van der Waals surface area contributed by atoms with Gasteiger partial charge < -0.3 is 8.86 Å². The van der Waals surface area contributed by atoms with E-state index in [2.05, 4.69) is 4.13 Å². The molecule has 0 amide bonds. The summed E-state index contributed by atoms with van der Waals surface area (Å²) in [7, 11) is -7.80. The number of hydrogen-bond donors (Lipinski definition) is 0. The summed E-state index contributed by atoms with van der Waals surface area (Å²) in [6.45, 7) is 0. The monoisotopic (exact) mass is 236 g/mol. The Balaban J connectivity index is 2.25. The van der Waals surface area contributed by atoms with Gasteiger partial charge in [0.05, 0.1) is 42.8 Å². The largest absolute Gasteiger partial charge is 0.435 e. The van der Waals surface area contributed by atoms with Gasteiger partial charge in [-0.05, 0) is 0 Å². The van der Waals surface area contributed by atoms with E-state index in [9.17, 15) is 16.8 Å². The van der Waals surface area contributed by atoms with Crippen molar-refractivity contribution in [1.82, 2.24) is 0 Å². The molecule has 0 aromatic heterocycles. The van der Waals surface area contributed by atoms with Gasteiger partial charge in [-0.3, -0.25) is 0 Å². The molecule has 0 aliphatic carbocycles. The Morgan fingerprint density at radius 3 is 1.79 bits per heavy atom. The van der Waals surface area contributed by atoms with Gasteiger partial charge in [-0.2, -0.15) is 0 Å². The van der Waals surface area contributed by atoms with Crippen molar-refractivity contribution in [3.63, 3.8) is 0 Å². The van der Waals surface area contributed by atoms with E-state index in [1.807, 2.05) is 0 Å². The third-order valence-corrected chi connectivity index (χ3v) is 7.01. The molecule has 0 saturated carbocycles. The smallest absolute Gasteiger partial charge is 0.0930 e. The van der Waals surface area contributed by atoms with E-state index < -0.39 is 42.8 Å². The first-order valence-electron chi connectivity index (χ1n) is 3.97. The molecule has 0 spiro atoms. The van der Waals surface area contributed by atoms with Crippen LogP contribution in [0.5, 0.6) is 0 Å². The lowest BCUT2D eigenvalue weighted by Gasteiger charge is -2.15. The fourth-order valence-electron chi connectivity index (χ4n) is 2.16. The summed E-state index contributed by atoms with van der Waals surface area (Å²) in [5.74, 6) is 0. The molecule has 0 N–H and O–H groups in total. The van der Waals surface area contributed by atoms with Gasteiger partial charge in [0.15, 0.2) is 0 Å². The van der Waals surface area contributed by atoms with E-state index in [0.717, 1.165) is 0 Å². The van der Waals surface area contributed by atoms with Gasteiger partial charge in [-0.25, -0.2) is 16.8 Å². The summed E-state index contributed by atoms with van der Waals surface area (Å²) in [6, 6.07) is 0. The molecule has 4 unspecified atom stereocenters. The Kier molecular flexibility index (Phi) is 1.39. The fourth-order valence-corrected chi connectivity index (χ4v) is 6.93. The molecule has 2 bridgehead atoms. The summed E-state index contributed by atoms with van der Waals surface area (Å²) < 4.78 is 53.6. The average Bonchev–Trinajstić information content (AvgIpc) is 2.61. The molecular weight excluding hydrogens is 230 g/mol. The zero-order chi connectivity index (χ0) is 10.1. The van der Waals surface area contributed by atoms with Crippen LogP contribution in [0.3, 0.4) is 0 Å². The molecule has 2 fully saturated rings. The van der Waals surface area contributed by atoms with Crippen LogP contribution in [0.4, 0.5) is 0 Å². The van der Waals surface area contributed by atoms with E-state index in [-0.39, 0.29) is 0 Å². The van der Waals surface area contributed by atoms with Crippen LogP contribution in [0.1, 0.15) is 0 Å². The van der Waals surface area contributed by atoms with Gasteiger partial charge in [0.25, 0.3) is 0 Å². The number of fused-ring (bicyclic) bond motifs is 5. The quantitative estimate of drug-likeness (QED) is 0.509. The first kappa shape index (κ1) is 8.84. The standard InChI is InChI=1S/C6H6NO5S2/c8-13(9)5-3-1-2-4(12-3)6(5)14(10,11)7-13/h1-6H/q-1. The summed E-state index contributed by atoms with van der Waals surface area (Å²) in [4.78, 5) is 0. The van der Waals surface area contributed by atoms with Gasteiger partial charge in [-0.15, -0.1) is 0 Å². The lowest BCUT2D eigenvalue weighted by molar-refractivity contribution is 0.121. The number of sulfonamides is 2. The van der Waals surface area contributed by atoms with Crippen LogP contribution in [-0.2, 0) is 24.8 Å². The maximum Gasteiger partial charge on any atom is 0.0930 e. The van der Waals surface area contributed by atoms with Crippen molar-refractivity contribution in [2.75, 3.05) is 0 Å². The SMILES string of the molecule is O=S1(=O)[N-]S(=O)(=O)C2C3C=CC(O3)C21. The molecule has 3 aliphatic rings. The molecule has 8 heteroatoms. The van der Waals surface area contributed by atoms with Crippen LogP contribution in [0, 0.1) is 0 Å². The maximum absolute atomic E-state index is 11.4. The Hall–Kier alpha value is -0.440. The second-order valence-electron chi connectivity index (χ2n) is 3.48. The van der Waals surface area contributed by atoms with Crippen molar-refractivity contribution in [1.29, 1.82) is 0 Å². The highest BCUT2D eigenvalue weighted by molar-refractivity contribution is 8.16. The molecule has 0 radical (unpaired) electrons. The van der Waals surface area contributed by atoms with Crippen LogP contribution >= 0.6 is 0 Å². The molecule has 14 heavy (non-hydrogen) atoms. The Morgan fingerprint density at radius 2 is 1.36 bits per heavy atom. The second-order valence-corrected chi connectivity index (χ2v) is 7.23. The van der Waals surface area contributed by atoms with Gasteiger partial charge in [-0.1, -0.05) is 12.2 Å². The highest BCUT2D eigenvalue weighted by Crippen LogP contribution is 2.46. The first-order valence-corrected chi connectivity index (χ1v) is 6.98. The maximum atomic E-state index is 11.4. The van der Waals surface area contributed by atoms with Gasteiger partial charge in [0.1, 0.15) is 0 Å². The van der Waals surface area contributed by atoms with Crippen molar-refractivity contribution >= 4 is 20.0 Å². The van der Waals surface area contributed by atoms with Crippen molar-refractivity contribution in [2.24, 2.45) is 0 Å². The van der Waals surface area contributed by atoms with Crippen LogP contribution in [-0.4, -0.2) is 39.5 Å². The van der Waals surface area contributed by atoms with Crippen LogP contribution in [0.25, 0.3) is 4.13 Å².